The molecule has 0 amide bonds. The van der Waals surface area contributed by atoms with Crippen molar-refractivity contribution in [1.82, 2.24) is 0 Å². The van der Waals surface area contributed by atoms with Gasteiger partial charge in [0.05, 0.1) is 24.4 Å². The Labute approximate surface area is 215 Å². The van der Waals surface area contributed by atoms with Crippen LogP contribution in [-0.2, 0) is 19.0 Å². The average molecular weight is 499 g/mol. The topological polar surface area (TPSA) is 88.5 Å². The maximum absolute atomic E-state index is 12.6. The van der Waals surface area contributed by atoms with E-state index in [1.807, 2.05) is 12.2 Å². The molecule has 0 aromatic carbocycles. The molecule has 0 spiro atoms. The molecule has 198 valence electrons. The van der Waals surface area contributed by atoms with E-state index in [0.29, 0.717) is 31.1 Å². The van der Waals surface area contributed by atoms with E-state index >= 15 is 0 Å². The van der Waals surface area contributed by atoms with E-state index in [9.17, 15) is 15.0 Å². The third-order valence-corrected chi connectivity index (χ3v) is 7.54. The molecule has 4 rings (SSSR count). The van der Waals surface area contributed by atoms with Crippen molar-refractivity contribution in [3.05, 3.63) is 60.8 Å². The number of allylic oxidation sites excluding steroid dienone is 3. The lowest BCUT2D eigenvalue weighted by molar-refractivity contribution is -0.148. The molecular formula is C30H42O6. The van der Waals surface area contributed by atoms with Gasteiger partial charge in [-0.1, -0.05) is 61.6 Å². The number of hydrogen-bond acceptors (Lipinski definition) is 6. The first-order chi connectivity index (χ1) is 17.4. The highest BCUT2D eigenvalue weighted by molar-refractivity contribution is 5.82. The number of aliphatic hydroxyl groups is 2. The monoisotopic (exact) mass is 498 g/mol. The highest BCUT2D eigenvalue weighted by Crippen LogP contribution is 2.35. The van der Waals surface area contributed by atoms with Crippen LogP contribution in [0.25, 0.3) is 0 Å². The Morgan fingerprint density at radius 2 is 1.94 bits per heavy atom. The van der Waals surface area contributed by atoms with E-state index in [1.165, 1.54) is 6.08 Å². The maximum atomic E-state index is 12.6. The van der Waals surface area contributed by atoms with Gasteiger partial charge in [0, 0.05) is 12.5 Å². The molecule has 2 bridgehead atoms. The van der Waals surface area contributed by atoms with Gasteiger partial charge in [0.2, 0.25) is 0 Å². The Balaban J connectivity index is 1.44. The van der Waals surface area contributed by atoms with Crippen LogP contribution in [0.2, 0.25) is 0 Å². The third-order valence-electron chi connectivity index (χ3n) is 7.54. The molecule has 3 aliphatic heterocycles. The number of esters is 1. The van der Waals surface area contributed by atoms with Gasteiger partial charge in [-0.3, -0.25) is 0 Å². The number of carbonyl (C=O) groups is 1. The summed E-state index contributed by atoms with van der Waals surface area (Å²) in [5, 5.41) is 21.6. The molecule has 9 atom stereocenters. The molecular weight excluding hydrogens is 456 g/mol. The maximum Gasteiger partial charge on any atom is 0.330 e. The molecule has 0 aromatic heterocycles. The van der Waals surface area contributed by atoms with E-state index in [0.717, 1.165) is 44.1 Å². The van der Waals surface area contributed by atoms with Crippen LogP contribution in [0.1, 0.15) is 64.7 Å². The molecule has 0 saturated carbocycles. The van der Waals surface area contributed by atoms with Crippen molar-refractivity contribution in [3.8, 4) is 0 Å². The van der Waals surface area contributed by atoms with Crippen molar-refractivity contribution in [2.24, 2.45) is 11.8 Å². The van der Waals surface area contributed by atoms with Crippen LogP contribution in [0, 0.1) is 11.8 Å². The molecule has 0 aromatic rings. The first-order valence-electron chi connectivity index (χ1n) is 13.6. The van der Waals surface area contributed by atoms with Crippen molar-refractivity contribution < 1.29 is 29.2 Å². The summed E-state index contributed by atoms with van der Waals surface area (Å²) in [4.78, 5) is 12.6. The lowest BCUT2D eigenvalue weighted by Gasteiger charge is -2.28. The minimum Gasteiger partial charge on any atom is -0.456 e. The van der Waals surface area contributed by atoms with Gasteiger partial charge < -0.3 is 24.4 Å². The van der Waals surface area contributed by atoms with Gasteiger partial charge in [-0.2, -0.15) is 0 Å². The normalized spacial score (nSPS) is 40.1. The number of epoxide rings is 1. The zero-order chi connectivity index (χ0) is 25.5. The summed E-state index contributed by atoms with van der Waals surface area (Å²) in [6, 6.07) is 0. The fraction of sp³-hybridized carbons (Fsp3) is 0.633. The highest BCUT2D eigenvalue weighted by Gasteiger charge is 2.46. The van der Waals surface area contributed by atoms with Crippen molar-refractivity contribution >= 4 is 5.97 Å². The van der Waals surface area contributed by atoms with E-state index in [2.05, 4.69) is 31.7 Å². The SMILES string of the molecule is C=C1C[C@H](C)CC2CC=CC(C/C=C\C(=O)OC(C(O)/C=C/C3CC=CCC3)C[C@@H]3OC3[C@@H](O)C1)O2. The number of carbonyl (C=O) groups excluding carboxylic acids is 1. The molecule has 6 unspecified atom stereocenters. The lowest BCUT2D eigenvalue weighted by Crippen LogP contribution is -2.32. The number of hydrogen-bond donors (Lipinski definition) is 2. The molecule has 1 aliphatic carbocycles. The zero-order valence-electron chi connectivity index (χ0n) is 21.4. The second kappa shape index (κ2) is 13.0. The van der Waals surface area contributed by atoms with Gasteiger partial charge in [-0.25, -0.2) is 4.79 Å². The van der Waals surface area contributed by atoms with E-state index in [-0.39, 0.29) is 24.4 Å². The third kappa shape index (κ3) is 8.27. The van der Waals surface area contributed by atoms with Crippen LogP contribution in [-0.4, -0.2) is 58.9 Å². The lowest BCUT2D eigenvalue weighted by atomic mass is 9.90. The molecule has 2 N–H and O–H groups in total. The predicted molar refractivity (Wildman–Crippen MR) is 139 cm³/mol. The molecule has 0 radical (unpaired) electrons. The van der Waals surface area contributed by atoms with Crippen molar-refractivity contribution in [2.75, 3.05) is 0 Å². The minimum atomic E-state index is -0.943. The first kappa shape index (κ1) is 27.1. The average Bonchev–Trinajstić information content (AvgIpc) is 3.62. The van der Waals surface area contributed by atoms with E-state index < -0.39 is 24.3 Å². The second-order valence-corrected chi connectivity index (χ2v) is 10.9. The summed E-state index contributed by atoms with van der Waals surface area (Å²) >= 11 is 0. The van der Waals surface area contributed by atoms with Gasteiger partial charge in [0.1, 0.15) is 18.3 Å². The van der Waals surface area contributed by atoms with Gasteiger partial charge in [-0.15, -0.1) is 0 Å². The highest BCUT2D eigenvalue weighted by atomic mass is 16.6. The van der Waals surface area contributed by atoms with Crippen LogP contribution >= 0.6 is 0 Å². The summed E-state index contributed by atoms with van der Waals surface area (Å²) in [6.07, 6.45) is 19.7. The van der Waals surface area contributed by atoms with Crippen LogP contribution in [0.5, 0.6) is 0 Å². The minimum absolute atomic E-state index is 0.0709. The van der Waals surface area contributed by atoms with Gasteiger partial charge in [0.25, 0.3) is 0 Å². The summed E-state index contributed by atoms with van der Waals surface area (Å²) in [5.74, 6) is 0.283. The van der Waals surface area contributed by atoms with Gasteiger partial charge in [0.15, 0.2) is 0 Å². The number of aliphatic hydroxyl groups excluding tert-OH is 2. The van der Waals surface area contributed by atoms with Gasteiger partial charge in [-0.05, 0) is 63.2 Å². The summed E-state index contributed by atoms with van der Waals surface area (Å²) in [7, 11) is 0. The molecule has 3 heterocycles. The first-order valence-corrected chi connectivity index (χ1v) is 13.6. The molecule has 1 fully saturated rings. The number of rotatable bonds is 3. The van der Waals surface area contributed by atoms with E-state index in [1.54, 1.807) is 12.2 Å². The number of cyclic esters (lactones) is 1. The molecule has 36 heavy (non-hydrogen) atoms. The van der Waals surface area contributed by atoms with E-state index in [4.69, 9.17) is 14.2 Å². The largest absolute Gasteiger partial charge is 0.456 e. The zero-order valence-corrected chi connectivity index (χ0v) is 21.4. The molecule has 6 heteroatoms. The van der Waals surface area contributed by atoms with Crippen LogP contribution < -0.4 is 0 Å². The Hall–Kier alpha value is -1.99. The second-order valence-electron chi connectivity index (χ2n) is 10.9. The van der Waals surface area contributed by atoms with Crippen molar-refractivity contribution in [2.45, 2.75) is 107 Å². The van der Waals surface area contributed by atoms with Crippen LogP contribution in [0.3, 0.4) is 0 Å². The predicted octanol–water partition coefficient (Wildman–Crippen LogP) is 4.73. The Morgan fingerprint density at radius 3 is 2.75 bits per heavy atom. The quantitative estimate of drug-likeness (QED) is 0.332. The molecule has 6 nitrogen and oxygen atoms in total. The van der Waals surface area contributed by atoms with Crippen LogP contribution in [0.15, 0.2) is 60.8 Å². The standard InChI is InChI=1S/C30H42O6/c1-20-16-21(2)18-26(32)30-28(36-30)19-27(25(31)15-14-22-8-4-3-5-9-22)35-29(33)13-7-11-23-10-6-12-24(17-20)34-23/h3-4,6-7,10,13-15,20,22-28,30-32H,2,5,8-9,11-12,16-19H2,1H3/b13-7-,15-14+/t20-,22?,23?,24?,25?,26-,27?,28-,30?/m0/s1. The molecule has 4 aliphatic rings. The molecule has 1 saturated heterocycles. The Bertz CT molecular complexity index is 873. The van der Waals surface area contributed by atoms with Crippen molar-refractivity contribution in [3.63, 3.8) is 0 Å². The van der Waals surface area contributed by atoms with Crippen LogP contribution in [0.4, 0.5) is 0 Å². The summed E-state index contributed by atoms with van der Waals surface area (Å²) in [6.45, 7) is 6.39. The Kier molecular flexibility index (Phi) is 9.77. The summed E-state index contributed by atoms with van der Waals surface area (Å²) < 4.78 is 17.7. The Morgan fingerprint density at radius 1 is 1.08 bits per heavy atom. The van der Waals surface area contributed by atoms with Crippen molar-refractivity contribution in [1.29, 1.82) is 0 Å². The number of fused-ring (bicyclic) bond motifs is 3. The fourth-order valence-corrected chi connectivity index (χ4v) is 5.58. The fourth-order valence-electron chi connectivity index (χ4n) is 5.58. The summed E-state index contributed by atoms with van der Waals surface area (Å²) in [5.41, 5.74) is 1.00. The number of ether oxygens (including phenoxy) is 3. The smallest absolute Gasteiger partial charge is 0.330 e. The van der Waals surface area contributed by atoms with Gasteiger partial charge >= 0.3 is 5.97 Å².